The molecule has 4 nitrogen and oxygen atoms in total. The summed E-state index contributed by atoms with van der Waals surface area (Å²) in [6, 6.07) is 0. The molecular weight excluding hydrogens is 248 g/mol. The van der Waals surface area contributed by atoms with E-state index in [9.17, 15) is 4.79 Å². The molecule has 0 aromatic carbocycles. The van der Waals surface area contributed by atoms with Gasteiger partial charge in [-0.3, -0.25) is 0 Å². The molecule has 18 heavy (non-hydrogen) atoms. The maximum Gasteiger partial charge on any atom is 0.347 e. The topological polar surface area (TPSA) is 62.2 Å². The Balaban J connectivity index is 1.86. The number of carbonyl (C=O) groups is 1. The number of hydrogen-bond donors (Lipinski definition) is 2. The molecule has 1 aliphatic carbocycles. The fourth-order valence-electron chi connectivity index (χ4n) is 2.44. The van der Waals surface area contributed by atoms with Crippen LogP contribution in [0, 0.1) is 18.8 Å². The van der Waals surface area contributed by atoms with Gasteiger partial charge in [-0.2, -0.15) is 0 Å². The molecule has 0 saturated heterocycles. The fraction of sp³-hybridized carbons (Fsp3) is 0.692. The lowest BCUT2D eigenvalue weighted by molar-refractivity contribution is 0.0701. The summed E-state index contributed by atoms with van der Waals surface area (Å²) in [5.74, 6) is 0.685. The van der Waals surface area contributed by atoms with Crippen LogP contribution in [-0.4, -0.2) is 22.6 Å². The number of aromatic carboxylic acids is 1. The van der Waals surface area contributed by atoms with Crippen LogP contribution in [0.2, 0.25) is 0 Å². The number of hydrogen-bond acceptors (Lipinski definition) is 4. The van der Waals surface area contributed by atoms with Crippen LogP contribution >= 0.6 is 11.3 Å². The average molecular weight is 268 g/mol. The van der Waals surface area contributed by atoms with Crippen LogP contribution in [0.15, 0.2) is 0 Å². The minimum Gasteiger partial charge on any atom is -0.477 e. The normalized spacial score (nSPS) is 23.9. The molecule has 0 spiro atoms. The van der Waals surface area contributed by atoms with Crippen LogP contribution in [0.4, 0.5) is 5.13 Å². The smallest absolute Gasteiger partial charge is 0.347 e. The molecule has 0 unspecified atom stereocenters. The number of carboxylic acids is 1. The van der Waals surface area contributed by atoms with Gasteiger partial charge in [-0.15, -0.1) is 0 Å². The molecule has 1 heterocycles. The maximum absolute atomic E-state index is 10.9. The van der Waals surface area contributed by atoms with Crippen molar-refractivity contribution in [1.29, 1.82) is 0 Å². The first-order valence-corrected chi connectivity index (χ1v) is 7.32. The van der Waals surface area contributed by atoms with Crippen molar-refractivity contribution in [2.45, 2.75) is 39.5 Å². The highest BCUT2D eigenvalue weighted by Gasteiger charge is 2.19. The molecule has 2 rings (SSSR count). The number of aryl methyl sites for hydroxylation is 1. The van der Waals surface area contributed by atoms with E-state index in [0.717, 1.165) is 17.6 Å². The first kappa shape index (κ1) is 13.3. The zero-order valence-corrected chi connectivity index (χ0v) is 11.7. The molecule has 100 valence electrons. The van der Waals surface area contributed by atoms with Gasteiger partial charge < -0.3 is 10.4 Å². The van der Waals surface area contributed by atoms with E-state index >= 15 is 0 Å². The molecule has 0 aliphatic heterocycles. The van der Waals surface area contributed by atoms with Crippen molar-refractivity contribution in [1.82, 2.24) is 4.98 Å². The summed E-state index contributed by atoms with van der Waals surface area (Å²) in [7, 11) is 0. The molecule has 1 aliphatic rings. The molecular formula is C13H20N2O2S. The molecule has 0 bridgehead atoms. The number of thiazole rings is 1. The predicted octanol–water partition coefficient (Wildman–Crippen LogP) is 3.39. The van der Waals surface area contributed by atoms with Gasteiger partial charge in [0, 0.05) is 6.54 Å². The van der Waals surface area contributed by atoms with Crippen LogP contribution in [0.25, 0.3) is 0 Å². The Kier molecular flexibility index (Phi) is 4.22. The molecule has 1 aromatic heterocycles. The van der Waals surface area contributed by atoms with E-state index in [4.69, 9.17) is 5.11 Å². The minimum atomic E-state index is -0.885. The van der Waals surface area contributed by atoms with Crippen LogP contribution in [-0.2, 0) is 0 Å². The van der Waals surface area contributed by atoms with Crippen molar-refractivity contribution in [3.05, 3.63) is 10.6 Å². The lowest BCUT2D eigenvalue weighted by Crippen LogP contribution is -2.20. The van der Waals surface area contributed by atoms with E-state index in [1.165, 1.54) is 37.0 Å². The third-order valence-corrected chi connectivity index (χ3v) is 4.77. The Morgan fingerprint density at radius 3 is 2.67 bits per heavy atom. The van der Waals surface area contributed by atoms with Gasteiger partial charge in [-0.1, -0.05) is 31.1 Å². The van der Waals surface area contributed by atoms with Crippen molar-refractivity contribution in [3.63, 3.8) is 0 Å². The van der Waals surface area contributed by atoms with Crippen LogP contribution in [0.5, 0.6) is 0 Å². The number of carboxylic acid groups (broad SMARTS) is 1. The summed E-state index contributed by atoms with van der Waals surface area (Å²) in [6.07, 6.45) is 5.15. The summed E-state index contributed by atoms with van der Waals surface area (Å²) < 4.78 is 0. The molecule has 2 N–H and O–H groups in total. The van der Waals surface area contributed by atoms with Crippen molar-refractivity contribution < 1.29 is 9.90 Å². The van der Waals surface area contributed by atoms with Crippen LogP contribution in [0.3, 0.4) is 0 Å². The van der Waals surface area contributed by atoms with E-state index < -0.39 is 5.97 Å². The van der Waals surface area contributed by atoms with Gasteiger partial charge in [-0.25, -0.2) is 9.78 Å². The SMILES string of the molecule is Cc1nc(NCC2CCC(C)CC2)sc1C(=O)O. The Morgan fingerprint density at radius 2 is 2.11 bits per heavy atom. The van der Waals surface area contributed by atoms with Crippen molar-refractivity contribution in [3.8, 4) is 0 Å². The third-order valence-electron chi connectivity index (χ3n) is 3.67. The van der Waals surface area contributed by atoms with Crippen molar-refractivity contribution in [2.24, 2.45) is 11.8 Å². The van der Waals surface area contributed by atoms with E-state index in [2.05, 4.69) is 17.2 Å². The largest absolute Gasteiger partial charge is 0.477 e. The third kappa shape index (κ3) is 3.22. The summed E-state index contributed by atoms with van der Waals surface area (Å²) >= 11 is 1.23. The second kappa shape index (κ2) is 5.69. The average Bonchev–Trinajstić information content (AvgIpc) is 2.70. The Labute approximate surface area is 111 Å². The molecule has 0 atom stereocenters. The van der Waals surface area contributed by atoms with Gasteiger partial charge in [-0.05, 0) is 31.6 Å². The highest BCUT2D eigenvalue weighted by Crippen LogP contribution is 2.29. The molecule has 1 fully saturated rings. The monoisotopic (exact) mass is 268 g/mol. The summed E-state index contributed by atoms with van der Waals surface area (Å²) in [5.41, 5.74) is 0.604. The van der Waals surface area contributed by atoms with Crippen LogP contribution in [0.1, 0.15) is 48.0 Å². The van der Waals surface area contributed by atoms with Crippen molar-refractivity contribution in [2.75, 3.05) is 11.9 Å². The quantitative estimate of drug-likeness (QED) is 0.878. The van der Waals surface area contributed by atoms with Gasteiger partial charge in [0.25, 0.3) is 0 Å². The second-order valence-electron chi connectivity index (χ2n) is 5.25. The number of nitrogens with zero attached hydrogens (tertiary/aromatic N) is 1. The molecule has 1 saturated carbocycles. The van der Waals surface area contributed by atoms with Gasteiger partial charge >= 0.3 is 5.97 Å². The maximum atomic E-state index is 10.9. The molecule has 5 heteroatoms. The first-order valence-electron chi connectivity index (χ1n) is 6.51. The zero-order valence-electron chi connectivity index (χ0n) is 10.9. The highest BCUT2D eigenvalue weighted by atomic mass is 32.1. The summed E-state index contributed by atoms with van der Waals surface area (Å²) in [4.78, 5) is 15.5. The van der Waals surface area contributed by atoms with Gasteiger partial charge in [0.2, 0.25) is 0 Å². The number of nitrogens with one attached hydrogen (secondary N) is 1. The first-order chi connectivity index (χ1) is 8.56. The second-order valence-corrected chi connectivity index (χ2v) is 6.24. The van der Waals surface area contributed by atoms with E-state index in [1.807, 2.05) is 0 Å². The van der Waals surface area contributed by atoms with E-state index in [0.29, 0.717) is 16.5 Å². The zero-order chi connectivity index (χ0) is 13.1. The van der Waals surface area contributed by atoms with Crippen LogP contribution < -0.4 is 5.32 Å². The van der Waals surface area contributed by atoms with Crippen molar-refractivity contribution >= 4 is 22.4 Å². The number of aromatic nitrogens is 1. The summed E-state index contributed by atoms with van der Waals surface area (Å²) in [6.45, 7) is 4.97. The van der Waals surface area contributed by atoms with E-state index in [1.54, 1.807) is 6.92 Å². The predicted molar refractivity (Wildman–Crippen MR) is 73.4 cm³/mol. The Bertz CT molecular complexity index is 423. The van der Waals surface area contributed by atoms with Gasteiger partial charge in [0.15, 0.2) is 5.13 Å². The molecule has 1 aromatic rings. The lowest BCUT2D eigenvalue weighted by atomic mass is 9.83. The Morgan fingerprint density at radius 1 is 1.44 bits per heavy atom. The Hall–Kier alpha value is -1.10. The standard InChI is InChI=1S/C13H20N2O2S/c1-8-3-5-10(6-4-8)7-14-13-15-9(2)11(18-13)12(16)17/h8,10H,3-7H2,1-2H3,(H,14,15)(H,16,17). The lowest BCUT2D eigenvalue weighted by Gasteiger charge is -2.26. The fourth-order valence-corrected chi connectivity index (χ4v) is 3.25. The molecule has 0 radical (unpaired) electrons. The minimum absolute atomic E-state index is 0.342. The van der Waals surface area contributed by atoms with Gasteiger partial charge in [0.1, 0.15) is 4.88 Å². The number of rotatable bonds is 4. The molecule has 0 amide bonds. The summed E-state index contributed by atoms with van der Waals surface area (Å²) in [5, 5.41) is 13.0. The van der Waals surface area contributed by atoms with E-state index in [-0.39, 0.29) is 0 Å². The highest BCUT2D eigenvalue weighted by molar-refractivity contribution is 7.17. The number of anilines is 1. The van der Waals surface area contributed by atoms with Gasteiger partial charge in [0.05, 0.1) is 5.69 Å².